The van der Waals surface area contributed by atoms with Crippen LogP contribution in [-0.4, -0.2) is 44.2 Å². The topological polar surface area (TPSA) is 104 Å². The zero-order valence-corrected chi connectivity index (χ0v) is 14.8. The first-order valence-corrected chi connectivity index (χ1v) is 9.60. The lowest BCUT2D eigenvalue weighted by Crippen LogP contribution is -2.44. The summed E-state index contributed by atoms with van der Waals surface area (Å²) in [5.41, 5.74) is 1.69. The van der Waals surface area contributed by atoms with Crippen LogP contribution in [0, 0.1) is 5.92 Å². The van der Waals surface area contributed by atoms with Gasteiger partial charge in [0.05, 0.1) is 11.9 Å². The predicted molar refractivity (Wildman–Crippen MR) is 90.7 cm³/mol. The molecule has 0 aromatic heterocycles. The van der Waals surface area contributed by atoms with E-state index < -0.39 is 27.9 Å². The van der Waals surface area contributed by atoms with Gasteiger partial charge in [-0.3, -0.25) is 9.10 Å². The lowest BCUT2D eigenvalue weighted by molar-refractivity contribution is -0.140. The molecular formula is C16H22N2O5S. The average Bonchev–Trinajstić information content (AvgIpc) is 2.49. The van der Waals surface area contributed by atoms with Crippen LogP contribution in [0.25, 0.3) is 0 Å². The second-order valence-corrected chi connectivity index (χ2v) is 8.22. The van der Waals surface area contributed by atoms with Crippen LogP contribution in [0.1, 0.15) is 36.2 Å². The molecular weight excluding hydrogens is 332 g/mol. The minimum Gasteiger partial charge on any atom is -0.480 e. The molecule has 1 heterocycles. The minimum atomic E-state index is -3.36. The molecule has 0 bridgehead atoms. The van der Waals surface area contributed by atoms with E-state index in [2.05, 4.69) is 5.32 Å². The summed E-state index contributed by atoms with van der Waals surface area (Å²) in [6.45, 7) is 3.86. The van der Waals surface area contributed by atoms with Gasteiger partial charge in [-0.25, -0.2) is 13.2 Å². The van der Waals surface area contributed by atoms with E-state index in [4.69, 9.17) is 5.11 Å². The number of rotatable bonds is 5. The van der Waals surface area contributed by atoms with Crippen molar-refractivity contribution in [3.8, 4) is 0 Å². The number of nitrogens with zero attached hydrogens (tertiary/aromatic N) is 1. The summed E-state index contributed by atoms with van der Waals surface area (Å²) < 4.78 is 25.0. The highest BCUT2D eigenvalue weighted by molar-refractivity contribution is 7.92. The van der Waals surface area contributed by atoms with Gasteiger partial charge in [-0.05, 0) is 42.5 Å². The van der Waals surface area contributed by atoms with Gasteiger partial charge < -0.3 is 10.4 Å². The second-order valence-electron chi connectivity index (χ2n) is 6.32. The molecule has 1 aromatic carbocycles. The zero-order valence-electron chi connectivity index (χ0n) is 13.9. The number of hydrogen-bond acceptors (Lipinski definition) is 4. The van der Waals surface area contributed by atoms with Crippen molar-refractivity contribution in [2.75, 3.05) is 17.1 Å². The lowest BCUT2D eigenvalue weighted by Gasteiger charge is -2.29. The molecule has 2 rings (SSSR count). The van der Waals surface area contributed by atoms with Crippen molar-refractivity contribution in [1.29, 1.82) is 0 Å². The molecule has 0 fully saturated rings. The number of fused-ring (bicyclic) bond motifs is 1. The molecule has 2 N–H and O–H groups in total. The highest BCUT2D eigenvalue weighted by atomic mass is 32.2. The maximum Gasteiger partial charge on any atom is 0.326 e. The molecule has 1 aromatic rings. The third kappa shape index (κ3) is 3.87. The fourth-order valence-electron chi connectivity index (χ4n) is 2.79. The Hall–Kier alpha value is -2.09. The number of carboxylic acid groups (broad SMARTS) is 1. The molecule has 0 aliphatic carbocycles. The van der Waals surface area contributed by atoms with E-state index in [1.165, 1.54) is 10.4 Å². The summed E-state index contributed by atoms with van der Waals surface area (Å²) in [7, 11) is -3.36. The molecule has 8 heteroatoms. The molecule has 0 saturated carbocycles. The monoisotopic (exact) mass is 354 g/mol. The Balaban J connectivity index is 2.28. The zero-order chi connectivity index (χ0) is 18.1. The first kappa shape index (κ1) is 18.3. The van der Waals surface area contributed by atoms with Crippen molar-refractivity contribution in [3.63, 3.8) is 0 Å². The summed E-state index contributed by atoms with van der Waals surface area (Å²) in [5, 5.41) is 11.7. The van der Waals surface area contributed by atoms with E-state index in [1.807, 2.05) is 0 Å². The van der Waals surface area contributed by atoms with Crippen LogP contribution < -0.4 is 9.62 Å². The normalized spacial score (nSPS) is 15.8. The highest BCUT2D eigenvalue weighted by Gasteiger charge is 2.27. The van der Waals surface area contributed by atoms with E-state index >= 15 is 0 Å². The fraction of sp³-hybridized carbons (Fsp3) is 0.500. The molecule has 24 heavy (non-hydrogen) atoms. The summed E-state index contributed by atoms with van der Waals surface area (Å²) in [4.78, 5) is 23.5. The van der Waals surface area contributed by atoms with Crippen LogP contribution in [0.15, 0.2) is 18.2 Å². The molecule has 1 aliphatic rings. The fourth-order valence-corrected chi connectivity index (χ4v) is 3.78. The Morgan fingerprint density at radius 2 is 1.96 bits per heavy atom. The van der Waals surface area contributed by atoms with Crippen molar-refractivity contribution in [1.82, 2.24) is 5.32 Å². The molecule has 7 nitrogen and oxygen atoms in total. The van der Waals surface area contributed by atoms with E-state index in [-0.39, 0.29) is 5.92 Å². The molecule has 1 unspecified atom stereocenters. The average molecular weight is 354 g/mol. The summed E-state index contributed by atoms with van der Waals surface area (Å²) in [6.07, 6.45) is 2.51. The third-order valence-electron chi connectivity index (χ3n) is 4.04. The smallest absolute Gasteiger partial charge is 0.326 e. The Bertz CT molecular complexity index is 758. The Morgan fingerprint density at radius 3 is 2.50 bits per heavy atom. The number of aryl methyl sites for hydroxylation is 1. The second kappa shape index (κ2) is 6.80. The third-order valence-corrected chi connectivity index (χ3v) is 5.22. The van der Waals surface area contributed by atoms with E-state index in [0.29, 0.717) is 30.6 Å². The first-order valence-electron chi connectivity index (χ1n) is 7.75. The molecule has 0 spiro atoms. The number of aliphatic carboxylic acids is 1. The van der Waals surface area contributed by atoms with Gasteiger partial charge in [0.2, 0.25) is 10.0 Å². The van der Waals surface area contributed by atoms with Crippen LogP contribution in [0.4, 0.5) is 5.69 Å². The number of hydrogen-bond donors (Lipinski definition) is 2. The van der Waals surface area contributed by atoms with E-state index in [9.17, 15) is 18.0 Å². The summed E-state index contributed by atoms with van der Waals surface area (Å²) in [5.74, 6) is -1.81. The Labute approximate surface area is 141 Å². The minimum absolute atomic E-state index is 0.246. The highest BCUT2D eigenvalue weighted by Crippen LogP contribution is 2.29. The van der Waals surface area contributed by atoms with E-state index in [0.717, 1.165) is 11.8 Å². The van der Waals surface area contributed by atoms with Gasteiger partial charge in [0.15, 0.2) is 0 Å². The number of anilines is 1. The molecule has 1 atom stereocenters. The number of benzene rings is 1. The summed E-state index contributed by atoms with van der Waals surface area (Å²) in [6, 6.07) is 3.80. The number of amides is 1. The molecule has 132 valence electrons. The lowest BCUT2D eigenvalue weighted by atomic mass is 9.99. The molecule has 0 radical (unpaired) electrons. The number of nitrogens with one attached hydrogen (secondary N) is 1. The van der Waals surface area contributed by atoms with Crippen LogP contribution in [-0.2, 0) is 21.2 Å². The van der Waals surface area contributed by atoms with Crippen LogP contribution in [0.5, 0.6) is 0 Å². The van der Waals surface area contributed by atoms with E-state index in [1.54, 1.807) is 26.0 Å². The SMILES string of the molecule is CC(C)C(NC(=O)c1ccc2c(c1)CCCN2S(C)(=O)=O)C(=O)O. The van der Waals surface area contributed by atoms with Crippen LogP contribution >= 0.6 is 0 Å². The molecule has 1 aliphatic heterocycles. The van der Waals surface area contributed by atoms with Crippen molar-refractivity contribution in [2.24, 2.45) is 5.92 Å². The van der Waals surface area contributed by atoms with Gasteiger partial charge in [-0.1, -0.05) is 13.8 Å². The number of sulfonamides is 1. The standard InChI is InChI=1S/C16H22N2O5S/c1-10(2)14(16(20)21)17-15(19)12-6-7-13-11(9-12)5-4-8-18(13)24(3,22)23/h6-7,9-10,14H,4-5,8H2,1-3H3,(H,17,19)(H,20,21). The number of carbonyl (C=O) groups excluding carboxylic acids is 1. The van der Waals surface area contributed by atoms with Gasteiger partial charge in [-0.2, -0.15) is 0 Å². The Morgan fingerprint density at radius 1 is 1.29 bits per heavy atom. The van der Waals surface area contributed by atoms with Crippen LogP contribution in [0.2, 0.25) is 0 Å². The first-order chi connectivity index (χ1) is 11.1. The van der Waals surface area contributed by atoms with Gasteiger partial charge in [0.1, 0.15) is 6.04 Å². The Kier molecular flexibility index (Phi) is 5.17. The largest absolute Gasteiger partial charge is 0.480 e. The van der Waals surface area contributed by atoms with Gasteiger partial charge in [0.25, 0.3) is 5.91 Å². The maximum absolute atomic E-state index is 12.3. The number of carboxylic acids is 1. The molecule has 0 saturated heterocycles. The summed E-state index contributed by atoms with van der Waals surface area (Å²) >= 11 is 0. The predicted octanol–water partition coefficient (Wildman–Crippen LogP) is 1.24. The molecule has 1 amide bonds. The maximum atomic E-state index is 12.3. The van der Waals surface area contributed by atoms with Crippen molar-refractivity contribution < 1.29 is 23.1 Å². The van der Waals surface area contributed by atoms with Crippen molar-refractivity contribution in [3.05, 3.63) is 29.3 Å². The van der Waals surface area contributed by atoms with Gasteiger partial charge in [-0.15, -0.1) is 0 Å². The van der Waals surface area contributed by atoms with Crippen molar-refractivity contribution >= 4 is 27.6 Å². The number of carbonyl (C=O) groups is 2. The quantitative estimate of drug-likeness (QED) is 0.828. The van der Waals surface area contributed by atoms with Crippen molar-refractivity contribution in [2.45, 2.75) is 32.7 Å². The van der Waals surface area contributed by atoms with Gasteiger partial charge in [0, 0.05) is 12.1 Å². The van der Waals surface area contributed by atoms with Gasteiger partial charge >= 0.3 is 5.97 Å². The van der Waals surface area contributed by atoms with Crippen LogP contribution in [0.3, 0.4) is 0 Å².